The number of aromatic nitrogens is 2. The van der Waals surface area contributed by atoms with Crippen LogP contribution in [0.2, 0.25) is 0 Å². The molecule has 1 fully saturated rings. The lowest BCUT2D eigenvalue weighted by molar-refractivity contribution is -0.160. The van der Waals surface area contributed by atoms with Gasteiger partial charge in [0.2, 0.25) is 0 Å². The molecule has 2 aromatic rings. The van der Waals surface area contributed by atoms with Crippen LogP contribution in [0.15, 0.2) is 36.7 Å². The number of para-hydroxylation sites is 1. The van der Waals surface area contributed by atoms with E-state index < -0.39 is 5.41 Å². The fraction of sp³-hybridized carbons (Fsp3) is 0.522. The Kier molecular flexibility index (Phi) is 6.06. The van der Waals surface area contributed by atoms with E-state index in [0.29, 0.717) is 38.4 Å². The summed E-state index contributed by atoms with van der Waals surface area (Å²) in [5.74, 6) is 1.08. The normalized spacial score (nSPS) is 19.8. The van der Waals surface area contributed by atoms with Gasteiger partial charge in [-0.15, -0.1) is 0 Å². The number of nitrogens with zero attached hydrogens (tertiary/aromatic N) is 3. The summed E-state index contributed by atoms with van der Waals surface area (Å²) in [7, 11) is 1.82. The van der Waals surface area contributed by atoms with Crippen molar-refractivity contribution in [1.82, 2.24) is 14.5 Å². The molecule has 0 unspecified atom stereocenters. The van der Waals surface area contributed by atoms with Gasteiger partial charge in [0.25, 0.3) is 5.91 Å². The molecule has 7 heteroatoms. The van der Waals surface area contributed by atoms with Crippen LogP contribution in [-0.4, -0.2) is 52.6 Å². The second kappa shape index (κ2) is 8.90. The third-order valence-corrected chi connectivity index (χ3v) is 6.35. The number of benzene rings is 1. The van der Waals surface area contributed by atoms with Crippen molar-refractivity contribution in [1.29, 1.82) is 0 Å². The average Bonchev–Trinajstić information content (AvgIpc) is 3.20. The van der Waals surface area contributed by atoms with Crippen molar-refractivity contribution in [3.63, 3.8) is 0 Å². The number of fused-ring (bicyclic) bond motifs is 1. The molecule has 4 rings (SSSR count). The van der Waals surface area contributed by atoms with Crippen LogP contribution in [0.3, 0.4) is 0 Å². The molecule has 0 N–H and O–H groups in total. The maximum atomic E-state index is 13.0. The topological polar surface area (TPSA) is 73.7 Å². The fourth-order valence-corrected chi connectivity index (χ4v) is 4.48. The van der Waals surface area contributed by atoms with Crippen molar-refractivity contribution in [2.45, 2.75) is 38.5 Å². The van der Waals surface area contributed by atoms with Gasteiger partial charge >= 0.3 is 5.97 Å². The monoisotopic (exact) mass is 411 g/mol. The fourth-order valence-electron chi connectivity index (χ4n) is 4.48. The summed E-state index contributed by atoms with van der Waals surface area (Å²) in [5, 5.41) is 0. The Morgan fingerprint density at radius 2 is 1.83 bits per heavy atom. The summed E-state index contributed by atoms with van der Waals surface area (Å²) >= 11 is 0. The highest BCUT2D eigenvalue weighted by atomic mass is 16.6. The van der Waals surface area contributed by atoms with E-state index in [-0.39, 0.29) is 18.5 Å². The first-order valence-corrected chi connectivity index (χ1v) is 10.7. The third kappa shape index (κ3) is 4.20. The van der Waals surface area contributed by atoms with Gasteiger partial charge in [0.15, 0.2) is 5.82 Å². The van der Waals surface area contributed by atoms with E-state index in [4.69, 9.17) is 9.47 Å². The van der Waals surface area contributed by atoms with Crippen LogP contribution in [0.4, 0.5) is 0 Å². The first kappa shape index (κ1) is 20.4. The van der Waals surface area contributed by atoms with Gasteiger partial charge < -0.3 is 18.9 Å². The van der Waals surface area contributed by atoms with E-state index in [9.17, 15) is 9.59 Å². The van der Waals surface area contributed by atoms with Crippen LogP contribution in [0, 0.1) is 5.41 Å². The lowest BCUT2D eigenvalue weighted by atomic mass is 9.74. The van der Waals surface area contributed by atoms with Crippen LogP contribution >= 0.6 is 0 Å². The van der Waals surface area contributed by atoms with Crippen molar-refractivity contribution in [3.05, 3.63) is 48.0 Å². The second-order valence-corrected chi connectivity index (χ2v) is 8.23. The molecule has 0 radical (unpaired) electrons. The van der Waals surface area contributed by atoms with Crippen molar-refractivity contribution < 1.29 is 19.1 Å². The van der Waals surface area contributed by atoms with Gasteiger partial charge in [-0.25, -0.2) is 4.98 Å². The zero-order valence-electron chi connectivity index (χ0n) is 17.5. The van der Waals surface area contributed by atoms with Crippen molar-refractivity contribution in [2.24, 2.45) is 12.5 Å². The van der Waals surface area contributed by atoms with E-state index in [1.54, 1.807) is 21.9 Å². The minimum atomic E-state index is -0.517. The molecule has 1 aromatic heterocycles. The number of carbonyl (C=O) groups is 2. The van der Waals surface area contributed by atoms with E-state index in [0.717, 1.165) is 31.4 Å². The first-order chi connectivity index (χ1) is 14.6. The van der Waals surface area contributed by atoms with Gasteiger partial charge in [0, 0.05) is 32.5 Å². The van der Waals surface area contributed by atoms with Crippen molar-refractivity contribution in [2.75, 3.05) is 26.3 Å². The lowest BCUT2D eigenvalue weighted by Gasteiger charge is -2.40. The predicted molar refractivity (Wildman–Crippen MR) is 111 cm³/mol. The van der Waals surface area contributed by atoms with Crippen LogP contribution in [-0.2, 0) is 23.0 Å². The third-order valence-electron chi connectivity index (χ3n) is 6.35. The number of likely N-dealkylation sites (tertiary alicyclic amines) is 1. The molecule has 3 heterocycles. The molecule has 2 aliphatic heterocycles. The molecule has 0 saturated carbocycles. The largest absolute Gasteiger partial charge is 0.490 e. The highest BCUT2D eigenvalue weighted by Gasteiger charge is 2.43. The molecular formula is C23H29N3O4. The Morgan fingerprint density at radius 1 is 1.07 bits per heavy atom. The quantitative estimate of drug-likeness (QED) is 0.675. The van der Waals surface area contributed by atoms with E-state index in [1.807, 2.05) is 25.2 Å². The number of esters is 1. The number of aryl methyl sites for hydroxylation is 2. The molecule has 1 saturated heterocycles. The second-order valence-electron chi connectivity index (χ2n) is 8.23. The van der Waals surface area contributed by atoms with Gasteiger partial charge in [0.1, 0.15) is 19.0 Å². The molecule has 160 valence electrons. The van der Waals surface area contributed by atoms with Crippen LogP contribution in [0.1, 0.15) is 48.3 Å². The zero-order valence-corrected chi connectivity index (χ0v) is 17.5. The van der Waals surface area contributed by atoms with Crippen molar-refractivity contribution >= 4 is 11.9 Å². The Labute approximate surface area is 177 Å². The summed E-state index contributed by atoms with van der Waals surface area (Å²) < 4.78 is 13.2. The molecular weight excluding hydrogens is 382 g/mol. The maximum absolute atomic E-state index is 13.0. The Bertz CT molecular complexity index is 899. The summed E-state index contributed by atoms with van der Waals surface area (Å²) in [5.41, 5.74) is 0.686. The highest BCUT2D eigenvalue weighted by Crippen LogP contribution is 2.39. The van der Waals surface area contributed by atoms with Crippen LogP contribution in [0.25, 0.3) is 0 Å². The Hall–Kier alpha value is -2.83. The summed E-state index contributed by atoms with van der Waals surface area (Å²) in [6.07, 6.45) is 8.30. The predicted octanol–water partition coefficient (Wildman–Crippen LogP) is 2.99. The SMILES string of the molecule is Cn1ccnc1C(=O)N1CCC2(CCCCc3ccccc3OCCOC2=O)CC1. The standard InChI is InChI=1S/C23H29N3O4/c1-25-15-12-24-20(25)21(27)26-13-10-23(11-14-26)9-5-4-7-18-6-2-3-8-19(18)29-16-17-30-22(23)28/h2-3,6,8,12,15H,4-5,7,9-11,13-14,16-17H2,1H3. The minimum Gasteiger partial charge on any atom is -0.490 e. The molecule has 0 bridgehead atoms. The summed E-state index contributed by atoms with van der Waals surface area (Å²) in [6, 6.07) is 8.07. The highest BCUT2D eigenvalue weighted by molar-refractivity contribution is 5.91. The molecule has 2 aliphatic rings. The van der Waals surface area contributed by atoms with Gasteiger partial charge in [0.05, 0.1) is 5.41 Å². The molecule has 7 nitrogen and oxygen atoms in total. The minimum absolute atomic E-state index is 0.0797. The molecule has 1 spiro atoms. The van der Waals surface area contributed by atoms with Crippen LogP contribution < -0.4 is 4.74 Å². The molecule has 30 heavy (non-hydrogen) atoms. The van der Waals surface area contributed by atoms with Gasteiger partial charge in [-0.3, -0.25) is 9.59 Å². The zero-order chi connectivity index (χ0) is 21.0. The number of ether oxygens (including phenoxy) is 2. The smallest absolute Gasteiger partial charge is 0.312 e. The number of hydrogen-bond acceptors (Lipinski definition) is 5. The van der Waals surface area contributed by atoms with E-state index in [1.165, 1.54) is 5.56 Å². The maximum Gasteiger partial charge on any atom is 0.312 e. The lowest BCUT2D eigenvalue weighted by Crippen LogP contribution is -2.47. The number of amides is 1. The van der Waals surface area contributed by atoms with Gasteiger partial charge in [-0.05, 0) is 43.7 Å². The summed E-state index contributed by atoms with van der Waals surface area (Å²) in [4.78, 5) is 31.7. The van der Waals surface area contributed by atoms with E-state index in [2.05, 4.69) is 11.1 Å². The molecule has 1 amide bonds. The van der Waals surface area contributed by atoms with Gasteiger partial charge in [-0.1, -0.05) is 24.6 Å². The summed E-state index contributed by atoms with van der Waals surface area (Å²) in [6.45, 7) is 1.67. The Balaban J connectivity index is 1.42. The van der Waals surface area contributed by atoms with E-state index >= 15 is 0 Å². The molecule has 0 atom stereocenters. The van der Waals surface area contributed by atoms with Gasteiger partial charge in [-0.2, -0.15) is 0 Å². The van der Waals surface area contributed by atoms with Crippen LogP contribution in [0.5, 0.6) is 5.75 Å². The first-order valence-electron chi connectivity index (χ1n) is 10.7. The number of cyclic esters (lactones) is 1. The number of piperidine rings is 1. The molecule has 0 aliphatic carbocycles. The number of imidazole rings is 1. The number of rotatable bonds is 1. The number of hydrogen-bond donors (Lipinski definition) is 0. The average molecular weight is 412 g/mol. The molecule has 1 aromatic carbocycles. The Morgan fingerprint density at radius 3 is 2.60 bits per heavy atom. The number of carbonyl (C=O) groups excluding carboxylic acids is 2. The van der Waals surface area contributed by atoms with Crippen molar-refractivity contribution in [3.8, 4) is 5.75 Å².